The normalized spacial score (nSPS) is 19.3. The number of carboxylic acid groups (broad SMARTS) is 1. The lowest BCUT2D eigenvalue weighted by Crippen LogP contribution is -2.28. The van der Waals surface area contributed by atoms with E-state index in [2.05, 4.69) is 0 Å². The van der Waals surface area contributed by atoms with E-state index in [0.29, 0.717) is 18.1 Å². The van der Waals surface area contributed by atoms with Crippen molar-refractivity contribution in [3.8, 4) is 0 Å². The Morgan fingerprint density at radius 3 is 2.61 bits per heavy atom. The van der Waals surface area contributed by atoms with Gasteiger partial charge in [0.2, 0.25) is 5.91 Å². The standard InChI is InChI=1S/C13H14ClNO3/c14-11-3-1-9(2-4-11)5-6-15-8-10(13(17)18)7-12(15)16/h1-4,10H,5-8H2,(H,17,18)/t10-/m0/s1. The minimum absolute atomic E-state index is 0.0728. The summed E-state index contributed by atoms with van der Waals surface area (Å²) in [6, 6.07) is 7.45. The quantitative estimate of drug-likeness (QED) is 0.905. The van der Waals surface area contributed by atoms with E-state index in [0.717, 1.165) is 12.0 Å². The van der Waals surface area contributed by atoms with Crippen LogP contribution in [0.4, 0.5) is 0 Å². The topological polar surface area (TPSA) is 57.6 Å². The molecule has 0 radical (unpaired) electrons. The highest BCUT2D eigenvalue weighted by molar-refractivity contribution is 6.30. The van der Waals surface area contributed by atoms with E-state index in [4.69, 9.17) is 16.7 Å². The number of carbonyl (C=O) groups is 2. The van der Waals surface area contributed by atoms with Gasteiger partial charge in [0.1, 0.15) is 0 Å². The molecule has 2 rings (SSSR count). The molecule has 5 heteroatoms. The molecule has 1 amide bonds. The van der Waals surface area contributed by atoms with Crippen LogP contribution in [-0.4, -0.2) is 35.0 Å². The molecule has 1 atom stereocenters. The fourth-order valence-corrected chi connectivity index (χ4v) is 2.19. The molecule has 1 fully saturated rings. The van der Waals surface area contributed by atoms with Gasteiger partial charge in [-0.05, 0) is 24.1 Å². The molecular weight excluding hydrogens is 254 g/mol. The first-order chi connectivity index (χ1) is 8.56. The maximum absolute atomic E-state index is 11.6. The molecule has 0 bridgehead atoms. The number of rotatable bonds is 4. The number of benzene rings is 1. The zero-order valence-corrected chi connectivity index (χ0v) is 10.6. The third-order valence-electron chi connectivity index (χ3n) is 3.15. The summed E-state index contributed by atoms with van der Waals surface area (Å²) in [5.41, 5.74) is 1.09. The molecule has 1 N–H and O–H groups in total. The number of nitrogens with zero attached hydrogens (tertiary/aromatic N) is 1. The van der Waals surface area contributed by atoms with Gasteiger partial charge in [-0.1, -0.05) is 23.7 Å². The summed E-state index contributed by atoms with van der Waals surface area (Å²) in [6.45, 7) is 0.881. The minimum atomic E-state index is -0.891. The third-order valence-corrected chi connectivity index (χ3v) is 3.40. The van der Waals surface area contributed by atoms with E-state index in [9.17, 15) is 9.59 Å². The number of hydrogen-bond acceptors (Lipinski definition) is 2. The van der Waals surface area contributed by atoms with Crippen molar-refractivity contribution in [1.29, 1.82) is 0 Å². The van der Waals surface area contributed by atoms with Crippen molar-refractivity contribution < 1.29 is 14.7 Å². The second-order valence-electron chi connectivity index (χ2n) is 4.46. The first-order valence-electron chi connectivity index (χ1n) is 5.81. The molecule has 0 aliphatic carbocycles. The molecule has 4 nitrogen and oxygen atoms in total. The van der Waals surface area contributed by atoms with Gasteiger partial charge in [-0.15, -0.1) is 0 Å². The van der Waals surface area contributed by atoms with E-state index in [1.54, 1.807) is 4.90 Å². The van der Waals surface area contributed by atoms with E-state index >= 15 is 0 Å². The van der Waals surface area contributed by atoms with Crippen LogP contribution in [0.15, 0.2) is 24.3 Å². The molecule has 1 heterocycles. The molecule has 0 aromatic heterocycles. The molecule has 0 spiro atoms. The number of carboxylic acids is 1. The third kappa shape index (κ3) is 3.01. The molecule has 1 aromatic carbocycles. The smallest absolute Gasteiger partial charge is 0.308 e. The molecular formula is C13H14ClNO3. The van der Waals surface area contributed by atoms with Crippen molar-refractivity contribution in [1.82, 2.24) is 4.90 Å². The number of aliphatic carboxylic acids is 1. The Hall–Kier alpha value is -1.55. The van der Waals surface area contributed by atoms with E-state index in [-0.39, 0.29) is 12.3 Å². The molecule has 18 heavy (non-hydrogen) atoms. The first kappa shape index (κ1) is 12.9. The highest BCUT2D eigenvalue weighted by atomic mass is 35.5. The summed E-state index contributed by atoms with van der Waals surface area (Å²) in [4.78, 5) is 24.0. The Kier molecular flexibility index (Phi) is 3.87. The lowest BCUT2D eigenvalue weighted by atomic mass is 10.1. The van der Waals surface area contributed by atoms with Crippen LogP contribution >= 0.6 is 11.6 Å². The molecule has 0 unspecified atom stereocenters. The van der Waals surface area contributed by atoms with Gasteiger partial charge < -0.3 is 10.0 Å². The van der Waals surface area contributed by atoms with Gasteiger partial charge in [0, 0.05) is 24.5 Å². The Bertz CT molecular complexity index is 458. The first-order valence-corrected chi connectivity index (χ1v) is 6.19. The molecule has 1 aromatic rings. The fraction of sp³-hybridized carbons (Fsp3) is 0.385. The van der Waals surface area contributed by atoms with Crippen LogP contribution in [0.25, 0.3) is 0 Å². The van der Waals surface area contributed by atoms with Crippen LogP contribution in [0.5, 0.6) is 0 Å². The van der Waals surface area contributed by atoms with E-state index in [1.807, 2.05) is 24.3 Å². The Labute approximate surface area is 110 Å². The molecule has 1 saturated heterocycles. The van der Waals surface area contributed by atoms with Gasteiger partial charge in [0.15, 0.2) is 0 Å². The number of hydrogen-bond donors (Lipinski definition) is 1. The number of amides is 1. The van der Waals surface area contributed by atoms with Gasteiger partial charge in [0.05, 0.1) is 5.92 Å². The molecule has 96 valence electrons. The van der Waals surface area contributed by atoms with Crippen LogP contribution in [-0.2, 0) is 16.0 Å². The largest absolute Gasteiger partial charge is 0.481 e. The Morgan fingerprint density at radius 1 is 1.39 bits per heavy atom. The molecule has 0 saturated carbocycles. The Morgan fingerprint density at radius 2 is 2.06 bits per heavy atom. The van der Waals surface area contributed by atoms with Gasteiger partial charge in [-0.3, -0.25) is 9.59 Å². The summed E-state index contributed by atoms with van der Waals surface area (Å²) in [6.07, 6.45) is 0.838. The van der Waals surface area contributed by atoms with Gasteiger partial charge in [-0.2, -0.15) is 0 Å². The van der Waals surface area contributed by atoms with Crippen molar-refractivity contribution in [3.05, 3.63) is 34.9 Å². The van der Waals surface area contributed by atoms with Crippen LogP contribution in [0.3, 0.4) is 0 Å². The van der Waals surface area contributed by atoms with Crippen LogP contribution in [0, 0.1) is 5.92 Å². The highest BCUT2D eigenvalue weighted by Crippen LogP contribution is 2.18. The number of carbonyl (C=O) groups excluding carboxylic acids is 1. The van der Waals surface area contributed by atoms with Crippen molar-refractivity contribution in [2.45, 2.75) is 12.8 Å². The van der Waals surface area contributed by atoms with Crippen LogP contribution < -0.4 is 0 Å². The second-order valence-corrected chi connectivity index (χ2v) is 4.89. The lowest BCUT2D eigenvalue weighted by molar-refractivity contribution is -0.141. The number of halogens is 1. The van der Waals surface area contributed by atoms with Crippen LogP contribution in [0.2, 0.25) is 5.02 Å². The SMILES string of the molecule is O=C(O)[C@H]1CC(=O)N(CCc2ccc(Cl)cc2)C1. The van der Waals surface area contributed by atoms with E-state index in [1.165, 1.54) is 0 Å². The predicted octanol–water partition coefficient (Wildman–Crippen LogP) is 1.82. The zero-order chi connectivity index (χ0) is 13.1. The second kappa shape index (κ2) is 5.40. The van der Waals surface area contributed by atoms with E-state index < -0.39 is 11.9 Å². The van der Waals surface area contributed by atoms with Crippen LogP contribution in [0.1, 0.15) is 12.0 Å². The monoisotopic (exact) mass is 267 g/mol. The zero-order valence-electron chi connectivity index (χ0n) is 9.80. The average molecular weight is 268 g/mol. The average Bonchev–Trinajstić information content (AvgIpc) is 2.70. The van der Waals surface area contributed by atoms with Gasteiger partial charge in [-0.25, -0.2) is 0 Å². The summed E-state index contributed by atoms with van der Waals surface area (Å²) in [7, 11) is 0. The summed E-state index contributed by atoms with van der Waals surface area (Å²) in [5, 5.41) is 9.55. The minimum Gasteiger partial charge on any atom is -0.481 e. The van der Waals surface area contributed by atoms with Crippen molar-refractivity contribution in [2.75, 3.05) is 13.1 Å². The maximum atomic E-state index is 11.6. The Balaban J connectivity index is 1.89. The lowest BCUT2D eigenvalue weighted by Gasteiger charge is -2.15. The van der Waals surface area contributed by atoms with Crippen molar-refractivity contribution in [2.24, 2.45) is 5.92 Å². The van der Waals surface area contributed by atoms with Crippen molar-refractivity contribution >= 4 is 23.5 Å². The molecule has 1 aliphatic rings. The molecule has 1 aliphatic heterocycles. The number of likely N-dealkylation sites (tertiary alicyclic amines) is 1. The summed E-state index contributed by atoms with van der Waals surface area (Å²) < 4.78 is 0. The maximum Gasteiger partial charge on any atom is 0.308 e. The summed E-state index contributed by atoms with van der Waals surface area (Å²) >= 11 is 5.79. The predicted molar refractivity (Wildman–Crippen MR) is 67.5 cm³/mol. The van der Waals surface area contributed by atoms with Crippen molar-refractivity contribution in [3.63, 3.8) is 0 Å². The highest BCUT2D eigenvalue weighted by Gasteiger charge is 2.33. The summed E-state index contributed by atoms with van der Waals surface area (Å²) in [5.74, 6) is -1.52. The van der Waals surface area contributed by atoms with Gasteiger partial charge in [0.25, 0.3) is 0 Å². The fourth-order valence-electron chi connectivity index (χ4n) is 2.07. The van der Waals surface area contributed by atoms with Gasteiger partial charge >= 0.3 is 5.97 Å².